The van der Waals surface area contributed by atoms with Crippen molar-refractivity contribution in [2.24, 2.45) is 0 Å². The van der Waals surface area contributed by atoms with Crippen LogP contribution < -0.4 is 5.56 Å². The van der Waals surface area contributed by atoms with Gasteiger partial charge in [0.1, 0.15) is 0 Å². The molecule has 0 aromatic carbocycles. The Morgan fingerprint density at radius 1 is 1.39 bits per heavy atom. The second-order valence-electron chi connectivity index (χ2n) is 3.74. The van der Waals surface area contributed by atoms with Crippen LogP contribution in [0.1, 0.15) is 15.9 Å². The Morgan fingerprint density at radius 3 is 2.89 bits per heavy atom. The molecular formula is C13H12N2O3. The van der Waals surface area contributed by atoms with Gasteiger partial charge in [0.15, 0.2) is 0 Å². The number of carbonyl (C=O) groups is 1. The molecule has 0 radical (unpaired) electrons. The standard InChI is InChI=1S/C13H12N2O3/c1-18-13(17)11-4-5-12(16)15(9-11)8-10-3-2-6-14-7-10/h2-7,9H,8H2,1H3. The van der Waals surface area contributed by atoms with Gasteiger partial charge >= 0.3 is 5.97 Å². The molecule has 0 aliphatic carbocycles. The Kier molecular flexibility index (Phi) is 3.52. The summed E-state index contributed by atoms with van der Waals surface area (Å²) >= 11 is 0. The van der Waals surface area contributed by atoms with E-state index < -0.39 is 5.97 Å². The highest BCUT2D eigenvalue weighted by Crippen LogP contribution is 2.02. The molecule has 0 N–H and O–H groups in total. The molecule has 0 aliphatic heterocycles. The van der Waals surface area contributed by atoms with Crippen LogP contribution in [0, 0.1) is 0 Å². The zero-order chi connectivity index (χ0) is 13.0. The van der Waals surface area contributed by atoms with Gasteiger partial charge < -0.3 is 9.30 Å². The zero-order valence-electron chi connectivity index (χ0n) is 9.87. The van der Waals surface area contributed by atoms with E-state index in [9.17, 15) is 9.59 Å². The second-order valence-corrected chi connectivity index (χ2v) is 3.74. The lowest BCUT2D eigenvalue weighted by molar-refractivity contribution is 0.0599. The van der Waals surface area contributed by atoms with Crippen LogP contribution in [-0.2, 0) is 11.3 Å². The molecule has 2 rings (SSSR count). The average Bonchev–Trinajstić information content (AvgIpc) is 2.41. The summed E-state index contributed by atoms with van der Waals surface area (Å²) in [7, 11) is 1.30. The number of esters is 1. The second kappa shape index (κ2) is 5.27. The molecule has 0 spiro atoms. The Hall–Kier alpha value is -2.43. The van der Waals surface area contributed by atoms with Crippen molar-refractivity contribution in [1.82, 2.24) is 9.55 Å². The number of hydrogen-bond acceptors (Lipinski definition) is 4. The van der Waals surface area contributed by atoms with E-state index in [0.717, 1.165) is 5.56 Å². The molecule has 2 aromatic rings. The van der Waals surface area contributed by atoms with E-state index in [-0.39, 0.29) is 5.56 Å². The summed E-state index contributed by atoms with van der Waals surface area (Å²) in [6.07, 6.45) is 4.83. The first kappa shape index (κ1) is 12.0. The van der Waals surface area contributed by atoms with E-state index >= 15 is 0 Å². The first-order valence-corrected chi connectivity index (χ1v) is 5.38. The Labute approximate surface area is 104 Å². The molecule has 0 unspecified atom stereocenters. The van der Waals surface area contributed by atoms with Crippen LogP contribution in [0.25, 0.3) is 0 Å². The number of rotatable bonds is 3. The third-order valence-corrected chi connectivity index (χ3v) is 2.48. The predicted octanol–water partition coefficient (Wildman–Crippen LogP) is 1.08. The molecule has 0 fully saturated rings. The number of nitrogens with zero attached hydrogens (tertiary/aromatic N) is 2. The fraction of sp³-hybridized carbons (Fsp3) is 0.154. The van der Waals surface area contributed by atoms with E-state index in [1.54, 1.807) is 18.5 Å². The van der Waals surface area contributed by atoms with Gasteiger partial charge in [0, 0.05) is 24.7 Å². The van der Waals surface area contributed by atoms with Crippen molar-refractivity contribution in [2.75, 3.05) is 7.11 Å². The number of carbonyl (C=O) groups excluding carboxylic acids is 1. The van der Waals surface area contributed by atoms with Gasteiger partial charge in [0.2, 0.25) is 0 Å². The molecule has 0 aliphatic rings. The van der Waals surface area contributed by atoms with Crippen molar-refractivity contribution in [3.05, 3.63) is 64.3 Å². The van der Waals surface area contributed by atoms with Crippen molar-refractivity contribution in [3.8, 4) is 0 Å². The number of methoxy groups -OCH3 is 1. The lowest BCUT2D eigenvalue weighted by Crippen LogP contribution is -2.21. The first-order valence-electron chi connectivity index (χ1n) is 5.38. The molecule has 0 bridgehead atoms. The van der Waals surface area contributed by atoms with E-state index in [0.29, 0.717) is 12.1 Å². The highest BCUT2D eigenvalue weighted by atomic mass is 16.5. The average molecular weight is 244 g/mol. The highest BCUT2D eigenvalue weighted by molar-refractivity contribution is 5.88. The van der Waals surface area contributed by atoms with Crippen molar-refractivity contribution in [2.45, 2.75) is 6.54 Å². The van der Waals surface area contributed by atoms with Crippen LogP contribution >= 0.6 is 0 Å². The van der Waals surface area contributed by atoms with E-state index in [2.05, 4.69) is 9.72 Å². The van der Waals surface area contributed by atoms with Gasteiger partial charge in [-0.3, -0.25) is 9.78 Å². The Balaban J connectivity index is 2.33. The molecule has 0 atom stereocenters. The Bertz CT molecular complexity index is 605. The van der Waals surface area contributed by atoms with Gasteiger partial charge in [-0.2, -0.15) is 0 Å². The minimum atomic E-state index is -0.463. The Morgan fingerprint density at radius 2 is 2.22 bits per heavy atom. The molecular weight excluding hydrogens is 232 g/mol. The molecule has 0 amide bonds. The number of hydrogen-bond donors (Lipinski definition) is 0. The summed E-state index contributed by atoms with van der Waals surface area (Å²) < 4.78 is 6.06. The summed E-state index contributed by atoms with van der Waals surface area (Å²) in [5.74, 6) is -0.463. The van der Waals surface area contributed by atoms with E-state index in [4.69, 9.17) is 0 Å². The molecule has 2 heterocycles. The lowest BCUT2D eigenvalue weighted by atomic mass is 10.2. The minimum Gasteiger partial charge on any atom is -0.465 e. The minimum absolute atomic E-state index is 0.175. The van der Waals surface area contributed by atoms with Crippen LogP contribution in [0.4, 0.5) is 0 Å². The smallest absolute Gasteiger partial charge is 0.339 e. The first-order chi connectivity index (χ1) is 8.70. The van der Waals surface area contributed by atoms with Gasteiger partial charge in [-0.05, 0) is 17.7 Å². The lowest BCUT2D eigenvalue weighted by Gasteiger charge is -2.07. The van der Waals surface area contributed by atoms with E-state index in [1.807, 2.05) is 6.07 Å². The highest BCUT2D eigenvalue weighted by Gasteiger charge is 2.07. The molecule has 18 heavy (non-hydrogen) atoms. The monoisotopic (exact) mass is 244 g/mol. The number of pyridine rings is 2. The largest absolute Gasteiger partial charge is 0.465 e. The van der Waals surface area contributed by atoms with Crippen LogP contribution in [-0.4, -0.2) is 22.6 Å². The van der Waals surface area contributed by atoms with Crippen LogP contribution in [0.3, 0.4) is 0 Å². The summed E-state index contributed by atoms with van der Waals surface area (Å²) in [4.78, 5) is 27.0. The maximum Gasteiger partial charge on any atom is 0.339 e. The van der Waals surface area contributed by atoms with Crippen LogP contribution in [0.15, 0.2) is 47.7 Å². The van der Waals surface area contributed by atoms with E-state index in [1.165, 1.54) is 30.0 Å². The molecule has 92 valence electrons. The topological polar surface area (TPSA) is 61.2 Å². The summed E-state index contributed by atoms with van der Waals surface area (Å²) in [5, 5.41) is 0. The third-order valence-electron chi connectivity index (χ3n) is 2.48. The normalized spacial score (nSPS) is 10.1. The maximum absolute atomic E-state index is 11.7. The fourth-order valence-electron chi connectivity index (χ4n) is 1.58. The van der Waals surface area contributed by atoms with Gasteiger partial charge in [0.25, 0.3) is 5.56 Å². The van der Waals surface area contributed by atoms with Crippen LogP contribution in [0.2, 0.25) is 0 Å². The third kappa shape index (κ3) is 2.63. The molecule has 5 heteroatoms. The van der Waals surface area contributed by atoms with Gasteiger partial charge in [0.05, 0.1) is 19.2 Å². The maximum atomic E-state index is 11.7. The van der Waals surface area contributed by atoms with Crippen molar-refractivity contribution in [3.63, 3.8) is 0 Å². The summed E-state index contributed by atoms with van der Waals surface area (Å²) in [6.45, 7) is 0.373. The molecule has 0 saturated carbocycles. The predicted molar refractivity (Wildman–Crippen MR) is 65.4 cm³/mol. The fourth-order valence-corrected chi connectivity index (χ4v) is 1.58. The van der Waals surface area contributed by atoms with Crippen molar-refractivity contribution < 1.29 is 9.53 Å². The van der Waals surface area contributed by atoms with Gasteiger partial charge in [-0.25, -0.2) is 4.79 Å². The number of ether oxygens (including phenoxy) is 1. The zero-order valence-corrected chi connectivity index (χ0v) is 9.87. The van der Waals surface area contributed by atoms with Gasteiger partial charge in [-0.1, -0.05) is 6.07 Å². The van der Waals surface area contributed by atoms with Gasteiger partial charge in [-0.15, -0.1) is 0 Å². The van der Waals surface area contributed by atoms with Crippen LogP contribution in [0.5, 0.6) is 0 Å². The summed E-state index contributed by atoms with van der Waals surface area (Å²) in [5.41, 5.74) is 1.06. The molecule has 2 aromatic heterocycles. The molecule has 5 nitrogen and oxygen atoms in total. The van der Waals surface area contributed by atoms with Crippen molar-refractivity contribution >= 4 is 5.97 Å². The summed E-state index contributed by atoms with van der Waals surface area (Å²) in [6, 6.07) is 6.46. The van der Waals surface area contributed by atoms with Crippen molar-refractivity contribution in [1.29, 1.82) is 0 Å². The number of aromatic nitrogens is 2. The SMILES string of the molecule is COC(=O)c1ccc(=O)n(Cc2cccnc2)c1. The quantitative estimate of drug-likeness (QED) is 0.758. The molecule has 0 saturated heterocycles.